The molecular weight excluding hydrogens is 407 g/mol. The van der Waals surface area contributed by atoms with Gasteiger partial charge in [-0.3, -0.25) is 9.89 Å². The van der Waals surface area contributed by atoms with Gasteiger partial charge in [-0.1, -0.05) is 28.4 Å². The van der Waals surface area contributed by atoms with Crippen LogP contribution in [-0.4, -0.2) is 67.3 Å². The molecule has 28 heavy (non-hydrogen) atoms. The first-order valence-corrected chi connectivity index (χ1v) is 9.38. The van der Waals surface area contributed by atoms with Crippen LogP contribution in [0.1, 0.15) is 12.3 Å². The SMILES string of the molecule is O=C(CCc1nc(-c2ncn[nH]2)no1)N1CCN(c2ncc(Cl)cc2Cl)CC1. The average Bonchev–Trinajstić information content (AvgIpc) is 3.38. The van der Waals surface area contributed by atoms with Crippen LogP contribution in [0, 0.1) is 0 Å². The highest BCUT2D eigenvalue weighted by atomic mass is 35.5. The molecule has 3 aromatic heterocycles. The minimum atomic E-state index is 0.0363. The lowest BCUT2D eigenvalue weighted by Crippen LogP contribution is -2.49. The highest BCUT2D eigenvalue weighted by Crippen LogP contribution is 2.26. The molecule has 4 heterocycles. The highest BCUT2D eigenvalue weighted by molar-refractivity contribution is 6.36. The molecule has 0 atom stereocenters. The third-order valence-electron chi connectivity index (χ3n) is 4.37. The Balaban J connectivity index is 1.28. The Kier molecular flexibility index (Phi) is 5.40. The second kappa shape index (κ2) is 8.11. The maximum atomic E-state index is 12.5. The van der Waals surface area contributed by atoms with Crippen molar-refractivity contribution in [1.29, 1.82) is 0 Å². The van der Waals surface area contributed by atoms with Crippen molar-refractivity contribution in [3.63, 3.8) is 0 Å². The first-order chi connectivity index (χ1) is 13.6. The fourth-order valence-corrected chi connectivity index (χ4v) is 3.45. The van der Waals surface area contributed by atoms with Crippen molar-refractivity contribution < 1.29 is 9.32 Å². The average molecular weight is 423 g/mol. The van der Waals surface area contributed by atoms with Gasteiger partial charge in [-0.2, -0.15) is 10.1 Å². The molecule has 12 heteroatoms. The molecule has 0 spiro atoms. The predicted molar refractivity (Wildman–Crippen MR) is 101 cm³/mol. The van der Waals surface area contributed by atoms with Gasteiger partial charge in [0.1, 0.15) is 12.1 Å². The van der Waals surface area contributed by atoms with Gasteiger partial charge < -0.3 is 14.3 Å². The summed E-state index contributed by atoms with van der Waals surface area (Å²) in [6.07, 6.45) is 3.59. The number of anilines is 1. The number of hydrogen-bond donors (Lipinski definition) is 1. The van der Waals surface area contributed by atoms with Crippen molar-refractivity contribution in [3.05, 3.63) is 34.5 Å². The monoisotopic (exact) mass is 422 g/mol. The zero-order valence-electron chi connectivity index (χ0n) is 14.7. The molecular formula is C16H16Cl2N8O2. The zero-order chi connectivity index (χ0) is 19.5. The molecule has 1 fully saturated rings. The van der Waals surface area contributed by atoms with Gasteiger partial charge in [0.15, 0.2) is 5.82 Å². The van der Waals surface area contributed by atoms with Crippen LogP contribution in [0.5, 0.6) is 0 Å². The van der Waals surface area contributed by atoms with Crippen LogP contribution in [0.15, 0.2) is 23.1 Å². The first kappa shape index (κ1) is 18.6. The molecule has 0 bridgehead atoms. The molecule has 4 rings (SSSR count). The molecule has 0 saturated carbocycles. The van der Waals surface area contributed by atoms with Crippen LogP contribution in [0.25, 0.3) is 11.6 Å². The van der Waals surface area contributed by atoms with Gasteiger partial charge in [-0.05, 0) is 6.07 Å². The van der Waals surface area contributed by atoms with Crippen LogP contribution in [0.4, 0.5) is 5.82 Å². The van der Waals surface area contributed by atoms with Crippen LogP contribution in [-0.2, 0) is 11.2 Å². The minimum absolute atomic E-state index is 0.0363. The van der Waals surface area contributed by atoms with Gasteiger partial charge in [-0.15, -0.1) is 0 Å². The van der Waals surface area contributed by atoms with Crippen LogP contribution in [0.3, 0.4) is 0 Å². The van der Waals surface area contributed by atoms with Crippen molar-refractivity contribution >= 4 is 34.9 Å². The Bertz CT molecular complexity index is 953. The van der Waals surface area contributed by atoms with Gasteiger partial charge in [-0.25, -0.2) is 9.97 Å². The number of piperazine rings is 1. The number of carbonyl (C=O) groups is 1. The van der Waals surface area contributed by atoms with E-state index in [4.69, 9.17) is 27.7 Å². The van der Waals surface area contributed by atoms with Crippen molar-refractivity contribution in [2.75, 3.05) is 31.1 Å². The maximum absolute atomic E-state index is 12.5. The smallest absolute Gasteiger partial charge is 0.239 e. The normalized spacial score (nSPS) is 14.5. The van der Waals surface area contributed by atoms with Crippen LogP contribution < -0.4 is 4.90 Å². The van der Waals surface area contributed by atoms with E-state index in [0.29, 0.717) is 66.0 Å². The zero-order valence-corrected chi connectivity index (χ0v) is 16.2. The number of rotatable bonds is 5. The van der Waals surface area contributed by atoms with Crippen molar-refractivity contribution in [2.24, 2.45) is 0 Å². The number of pyridine rings is 1. The van der Waals surface area contributed by atoms with E-state index in [-0.39, 0.29) is 12.3 Å². The van der Waals surface area contributed by atoms with E-state index < -0.39 is 0 Å². The Hall–Kier alpha value is -2.72. The molecule has 10 nitrogen and oxygen atoms in total. The van der Waals surface area contributed by atoms with Crippen LogP contribution in [0.2, 0.25) is 10.0 Å². The van der Waals surface area contributed by atoms with Crippen molar-refractivity contribution in [2.45, 2.75) is 12.8 Å². The van der Waals surface area contributed by atoms with E-state index in [1.54, 1.807) is 12.3 Å². The van der Waals surface area contributed by atoms with Crippen molar-refractivity contribution in [1.82, 2.24) is 35.2 Å². The Morgan fingerprint density at radius 2 is 2.04 bits per heavy atom. The number of amides is 1. The molecule has 1 N–H and O–H groups in total. The molecule has 0 aromatic carbocycles. The summed E-state index contributed by atoms with van der Waals surface area (Å²) in [7, 11) is 0. The van der Waals surface area contributed by atoms with Gasteiger partial charge in [0.05, 0.1) is 10.0 Å². The number of aromatic amines is 1. The lowest BCUT2D eigenvalue weighted by molar-refractivity contribution is -0.131. The summed E-state index contributed by atoms with van der Waals surface area (Å²) in [6.45, 7) is 2.48. The summed E-state index contributed by atoms with van der Waals surface area (Å²) in [5.41, 5.74) is 0. The third-order valence-corrected chi connectivity index (χ3v) is 4.85. The number of H-pyrrole nitrogens is 1. The molecule has 1 amide bonds. The Morgan fingerprint density at radius 1 is 1.21 bits per heavy atom. The predicted octanol–water partition coefficient (Wildman–Crippen LogP) is 1.84. The Labute approximate surface area is 169 Å². The van der Waals surface area contributed by atoms with E-state index in [2.05, 4.69) is 30.3 Å². The van der Waals surface area contributed by atoms with Gasteiger partial charge in [0, 0.05) is 45.2 Å². The lowest BCUT2D eigenvalue weighted by atomic mass is 10.2. The summed E-state index contributed by atoms with van der Waals surface area (Å²) in [5.74, 6) is 1.85. The quantitative estimate of drug-likeness (QED) is 0.661. The molecule has 1 aliphatic rings. The van der Waals surface area contributed by atoms with Gasteiger partial charge >= 0.3 is 0 Å². The molecule has 1 saturated heterocycles. The van der Waals surface area contributed by atoms with Crippen molar-refractivity contribution in [3.8, 4) is 11.6 Å². The maximum Gasteiger partial charge on any atom is 0.239 e. The number of hydrogen-bond acceptors (Lipinski definition) is 8. The molecule has 1 aliphatic heterocycles. The third kappa shape index (κ3) is 4.07. The topological polar surface area (TPSA) is 117 Å². The summed E-state index contributed by atoms with van der Waals surface area (Å²) in [5, 5.41) is 11.2. The standard InChI is InChI=1S/C16H16Cl2N8O2/c17-10-7-11(18)16(19-8-10)26-5-3-25(4-6-26)13(27)2-1-12-22-15(24-28-12)14-20-9-21-23-14/h7-9H,1-6H2,(H,20,21,23). The van der Waals surface area contributed by atoms with E-state index in [0.717, 1.165) is 0 Å². The minimum Gasteiger partial charge on any atom is -0.352 e. The fourth-order valence-electron chi connectivity index (χ4n) is 2.95. The summed E-state index contributed by atoms with van der Waals surface area (Å²) < 4.78 is 5.16. The van der Waals surface area contributed by atoms with E-state index >= 15 is 0 Å². The first-order valence-electron chi connectivity index (χ1n) is 8.62. The summed E-state index contributed by atoms with van der Waals surface area (Å²) >= 11 is 12.1. The molecule has 3 aromatic rings. The number of carbonyl (C=O) groups excluding carboxylic acids is 1. The van der Waals surface area contributed by atoms with Crippen LogP contribution >= 0.6 is 23.2 Å². The lowest BCUT2D eigenvalue weighted by Gasteiger charge is -2.35. The fraction of sp³-hybridized carbons (Fsp3) is 0.375. The highest BCUT2D eigenvalue weighted by Gasteiger charge is 2.23. The number of nitrogens with one attached hydrogen (secondary N) is 1. The molecule has 0 aliphatic carbocycles. The number of halogens is 2. The molecule has 0 unspecified atom stereocenters. The van der Waals surface area contributed by atoms with E-state index in [1.165, 1.54) is 6.33 Å². The second-order valence-corrected chi connectivity index (χ2v) is 7.02. The Morgan fingerprint density at radius 3 is 2.75 bits per heavy atom. The van der Waals surface area contributed by atoms with E-state index in [9.17, 15) is 4.79 Å². The summed E-state index contributed by atoms with van der Waals surface area (Å²) in [6, 6.07) is 1.67. The summed E-state index contributed by atoms with van der Waals surface area (Å²) in [4.78, 5) is 28.8. The number of aryl methyl sites for hydroxylation is 1. The molecule has 146 valence electrons. The van der Waals surface area contributed by atoms with E-state index in [1.807, 2.05) is 9.80 Å². The molecule has 0 radical (unpaired) electrons. The second-order valence-electron chi connectivity index (χ2n) is 6.17. The van der Waals surface area contributed by atoms with Gasteiger partial charge in [0.2, 0.25) is 17.6 Å². The largest absolute Gasteiger partial charge is 0.352 e. The van der Waals surface area contributed by atoms with Gasteiger partial charge in [0.25, 0.3) is 0 Å². The number of nitrogens with zero attached hydrogens (tertiary/aromatic N) is 7. The number of aromatic nitrogens is 6.